The number of amides is 1. The number of benzene rings is 2. The van der Waals surface area contributed by atoms with Gasteiger partial charge in [0.15, 0.2) is 4.80 Å². The summed E-state index contributed by atoms with van der Waals surface area (Å²) in [4.78, 5) is 27.7. The van der Waals surface area contributed by atoms with Crippen LogP contribution in [0.25, 0.3) is 16.3 Å². The maximum Gasteiger partial charge on any atom is 0.272 e. The summed E-state index contributed by atoms with van der Waals surface area (Å²) in [6.45, 7) is 5.72. The lowest BCUT2D eigenvalue weighted by Gasteiger charge is -2.07. The number of nitro benzene ring substituents is 1. The zero-order chi connectivity index (χ0) is 20.8. The molecule has 2 aromatic carbocycles. The van der Waals surface area contributed by atoms with E-state index in [4.69, 9.17) is 4.74 Å². The van der Waals surface area contributed by atoms with Crippen LogP contribution in [0.1, 0.15) is 18.1 Å². The van der Waals surface area contributed by atoms with Gasteiger partial charge in [0.2, 0.25) is 0 Å². The summed E-state index contributed by atoms with van der Waals surface area (Å²) in [6, 6.07) is 12.1. The first-order valence-electron chi connectivity index (χ1n) is 9.17. The van der Waals surface area contributed by atoms with Crippen molar-refractivity contribution in [3.8, 4) is 0 Å². The third kappa shape index (κ3) is 5.04. The summed E-state index contributed by atoms with van der Waals surface area (Å²) in [5.41, 5.74) is 2.70. The van der Waals surface area contributed by atoms with Gasteiger partial charge in [-0.05, 0) is 37.1 Å². The van der Waals surface area contributed by atoms with Crippen LogP contribution in [0.5, 0.6) is 0 Å². The fraction of sp³-hybridized carbons (Fsp3) is 0.238. The van der Waals surface area contributed by atoms with Crippen molar-refractivity contribution >= 4 is 39.2 Å². The predicted molar refractivity (Wildman–Crippen MR) is 114 cm³/mol. The van der Waals surface area contributed by atoms with Gasteiger partial charge in [-0.15, -0.1) is 0 Å². The van der Waals surface area contributed by atoms with Gasteiger partial charge < -0.3 is 9.30 Å². The van der Waals surface area contributed by atoms with Crippen molar-refractivity contribution in [2.45, 2.75) is 20.4 Å². The number of nitro groups is 1. The van der Waals surface area contributed by atoms with Crippen molar-refractivity contribution in [1.82, 2.24) is 4.57 Å². The predicted octanol–water partition coefficient (Wildman–Crippen LogP) is 4.10. The molecule has 0 radical (unpaired) electrons. The molecular weight excluding hydrogens is 390 g/mol. The number of aromatic nitrogens is 1. The largest absolute Gasteiger partial charge is 0.380 e. The number of hydrogen-bond acceptors (Lipinski definition) is 5. The minimum atomic E-state index is -0.468. The van der Waals surface area contributed by atoms with Crippen molar-refractivity contribution < 1.29 is 14.5 Å². The lowest BCUT2D eigenvalue weighted by Crippen LogP contribution is -2.19. The molecule has 8 heteroatoms. The molecule has 0 N–H and O–H groups in total. The highest BCUT2D eigenvalue weighted by molar-refractivity contribution is 7.16. The molecule has 0 aliphatic rings. The first kappa shape index (κ1) is 20.6. The highest BCUT2D eigenvalue weighted by atomic mass is 32.1. The highest BCUT2D eigenvalue weighted by Crippen LogP contribution is 2.21. The molecule has 0 bridgehead atoms. The summed E-state index contributed by atoms with van der Waals surface area (Å²) in [6.07, 6.45) is 2.85. The van der Waals surface area contributed by atoms with E-state index in [1.807, 2.05) is 36.6 Å². The van der Waals surface area contributed by atoms with Gasteiger partial charge in [-0.2, -0.15) is 4.99 Å². The lowest BCUT2D eigenvalue weighted by atomic mass is 10.2. The van der Waals surface area contributed by atoms with Crippen molar-refractivity contribution in [2.24, 2.45) is 4.99 Å². The van der Waals surface area contributed by atoms with Gasteiger partial charge in [0, 0.05) is 31.4 Å². The van der Waals surface area contributed by atoms with E-state index in [1.165, 1.54) is 35.6 Å². The van der Waals surface area contributed by atoms with Crippen LogP contribution in [0.2, 0.25) is 0 Å². The molecule has 0 aliphatic carbocycles. The number of carbonyl (C=O) groups is 1. The Hall–Kier alpha value is -3.10. The van der Waals surface area contributed by atoms with Crippen LogP contribution in [-0.4, -0.2) is 28.6 Å². The molecule has 0 saturated carbocycles. The molecule has 0 saturated heterocycles. The maximum atomic E-state index is 12.4. The summed E-state index contributed by atoms with van der Waals surface area (Å²) in [7, 11) is 0. The molecular formula is C21H21N3O4S. The Bertz CT molecular complexity index is 1140. The number of para-hydroxylation sites is 1. The van der Waals surface area contributed by atoms with Gasteiger partial charge in [0.25, 0.3) is 11.6 Å². The van der Waals surface area contributed by atoms with E-state index in [-0.39, 0.29) is 5.69 Å². The number of fused-ring (bicyclic) bond motifs is 1. The van der Waals surface area contributed by atoms with Gasteiger partial charge in [0.05, 0.1) is 21.7 Å². The van der Waals surface area contributed by atoms with Crippen LogP contribution in [0.4, 0.5) is 5.69 Å². The molecule has 3 aromatic rings. The first-order valence-corrected chi connectivity index (χ1v) is 9.99. The molecule has 1 aromatic heterocycles. The molecule has 0 atom stereocenters. The highest BCUT2D eigenvalue weighted by Gasteiger charge is 2.09. The Balaban J connectivity index is 1.93. The maximum absolute atomic E-state index is 12.4. The summed E-state index contributed by atoms with van der Waals surface area (Å²) >= 11 is 1.45. The Morgan fingerprint density at radius 1 is 1.31 bits per heavy atom. The topological polar surface area (TPSA) is 86.7 Å². The molecule has 1 amide bonds. The average Bonchev–Trinajstić information content (AvgIpc) is 3.05. The molecule has 3 rings (SSSR count). The fourth-order valence-electron chi connectivity index (χ4n) is 2.94. The second kappa shape index (κ2) is 9.40. The standard InChI is InChI=1S/C21H21N3O4S/c1-3-28-13-12-23-20-15(2)6-4-9-18(20)29-21(23)22-19(25)11-10-16-7-5-8-17(14-16)24(26)27/h4-11,14H,3,12-13H2,1-2H3. The number of rotatable bonds is 7. The van der Waals surface area contributed by atoms with Gasteiger partial charge in [-0.1, -0.05) is 35.6 Å². The van der Waals surface area contributed by atoms with Crippen LogP contribution in [0.15, 0.2) is 53.5 Å². The Kier molecular flexibility index (Phi) is 6.69. The minimum absolute atomic E-state index is 0.0229. The van der Waals surface area contributed by atoms with Crippen molar-refractivity contribution in [3.05, 3.63) is 74.6 Å². The molecule has 0 aliphatic heterocycles. The number of carbonyl (C=O) groups excluding carboxylic acids is 1. The van der Waals surface area contributed by atoms with Crippen molar-refractivity contribution in [1.29, 1.82) is 0 Å². The Morgan fingerprint density at radius 3 is 2.86 bits per heavy atom. The average molecular weight is 411 g/mol. The van der Waals surface area contributed by atoms with E-state index in [9.17, 15) is 14.9 Å². The van der Waals surface area contributed by atoms with Crippen LogP contribution in [-0.2, 0) is 16.1 Å². The molecule has 1 heterocycles. The number of thiazole rings is 1. The third-order valence-corrected chi connectivity index (χ3v) is 5.31. The smallest absolute Gasteiger partial charge is 0.272 e. The summed E-state index contributed by atoms with van der Waals surface area (Å²) < 4.78 is 8.54. The number of hydrogen-bond donors (Lipinski definition) is 0. The zero-order valence-corrected chi connectivity index (χ0v) is 17.0. The van der Waals surface area contributed by atoms with Crippen molar-refractivity contribution in [2.75, 3.05) is 13.2 Å². The Labute approximate surface area is 171 Å². The van der Waals surface area contributed by atoms with E-state index in [1.54, 1.807) is 12.1 Å². The minimum Gasteiger partial charge on any atom is -0.380 e. The van der Waals surface area contributed by atoms with E-state index in [2.05, 4.69) is 4.99 Å². The second-order valence-electron chi connectivity index (χ2n) is 6.29. The SMILES string of the molecule is CCOCCn1c(=NC(=O)C=Cc2cccc([N+](=O)[O-])c2)sc2cccc(C)c21. The number of aryl methyl sites for hydroxylation is 1. The Morgan fingerprint density at radius 2 is 2.10 bits per heavy atom. The molecule has 7 nitrogen and oxygen atoms in total. The van der Waals surface area contributed by atoms with Crippen molar-refractivity contribution in [3.63, 3.8) is 0 Å². The van der Waals surface area contributed by atoms with E-state index < -0.39 is 10.8 Å². The molecule has 0 fully saturated rings. The molecule has 0 spiro atoms. The van der Waals surface area contributed by atoms with Crippen LogP contribution >= 0.6 is 11.3 Å². The molecule has 29 heavy (non-hydrogen) atoms. The summed E-state index contributed by atoms with van der Waals surface area (Å²) in [5, 5.41) is 10.9. The van der Waals surface area contributed by atoms with Gasteiger partial charge >= 0.3 is 0 Å². The van der Waals surface area contributed by atoms with Crippen LogP contribution in [0.3, 0.4) is 0 Å². The normalized spacial score (nSPS) is 12.1. The fourth-order valence-corrected chi connectivity index (χ4v) is 4.08. The molecule has 150 valence electrons. The summed E-state index contributed by atoms with van der Waals surface area (Å²) in [5.74, 6) is -0.425. The zero-order valence-electron chi connectivity index (χ0n) is 16.2. The van der Waals surface area contributed by atoms with Gasteiger partial charge in [-0.3, -0.25) is 14.9 Å². The van der Waals surface area contributed by atoms with E-state index in [0.29, 0.717) is 30.1 Å². The monoisotopic (exact) mass is 411 g/mol. The van der Waals surface area contributed by atoms with Crippen LogP contribution in [0, 0.1) is 17.0 Å². The van der Waals surface area contributed by atoms with Crippen LogP contribution < -0.4 is 4.80 Å². The van der Waals surface area contributed by atoms with E-state index >= 15 is 0 Å². The first-order chi connectivity index (χ1) is 14.0. The quantitative estimate of drug-likeness (QED) is 0.253. The lowest BCUT2D eigenvalue weighted by molar-refractivity contribution is -0.384. The number of nitrogens with zero attached hydrogens (tertiary/aromatic N) is 3. The second-order valence-corrected chi connectivity index (χ2v) is 7.30. The van der Waals surface area contributed by atoms with E-state index in [0.717, 1.165) is 15.8 Å². The molecule has 0 unspecified atom stereocenters. The number of non-ortho nitro benzene ring substituents is 1. The number of ether oxygens (including phenoxy) is 1. The van der Waals surface area contributed by atoms with Gasteiger partial charge in [0.1, 0.15) is 0 Å². The third-order valence-electron chi connectivity index (χ3n) is 4.27. The van der Waals surface area contributed by atoms with Gasteiger partial charge in [-0.25, -0.2) is 0 Å².